The minimum Gasteiger partial charge on any atom is -0.396 e. The monoisotopic (exact) mass is 324 g/mol. The molecule has 0 saturated heterocycles. The van der Waals surface area contributed by atoms with E-state index >= 15 is 0 Å². The third-order valence-corrected chi connectivity index (χ3v) is 5.02. The Morgan fingerprint density at radius 3 is 2.55 bits per heavy atom. The summed E-state index contributed by atoms with van der Waals surface area (Å²) in [5.74, 6) is -1.01. The van der Waals surface area contributed by atoms with E-state index in [4.69, 9.17) is 22.4 Å². The second-order valence-corrected chi connectivity index (χ2v) is 6.89. The molecule has 0 aliphatic carbocycles. The van der Waals surface area contributed by atoms with Crippen molar-refractivity contribution in [3.05, 3.63) is 23.0 Å². The van der Waals surface area contributed by atoms with E-state index in [-0.39, 0.29) is 36.3 Å². The quantitative estimate of drug-likeness (QED) is 0.782. The number of rotatable bonds is 6. The van der Waals surface area contributed by atoms with E-state index in [9.17, 15) is 12.8 Å². The fourth-order valence-corrected chi connectivity index (χ4v) is 3.87. The van der Waals surface area contributed by atoms with Gasteiger partial charge >= 0.3 is 0 Å². The lowest BCUT2D eigenvalue weighted by molar-refractivity contribution is 0.258. The number of aliphatic hydroxyl groups excluding tert-OH is 1. The zero-order valence-electron chi connectivity index (χ0n) is 11.3. The normalized spacial score (nSPS) is 12.3. The number of anilines is 1. The van der Waals surface area contributed by atoms with Crippen LogP contribution in [-0.4, -0.2) is 37.0 Å². The summed E-state index contributed by atoms with van der Waals surface area (Å²) in [6.07, 6.45) is 0.259. The molecule has 0 aliphatic rings. The van der Waals surface area contributed by atoms with Crippen LogP contribution < -0.4 is 5.73 Å². The number of sulfonamides is 1. The molecule has 0 fully saturated rings. The van der Waals surface area contributed by atoms with E-state index in [1.807, 2.05) is 0 Å². The molecule has 0 amide bonds. The lowest BCUT2D eigenvalue weighted by Crippen LogP contribution is -2.38. The molecule has 0 unspecified atom stereocenters. The summed E-state index contributed by atoms with van der Waals surface area (Å²) < 4.78 is 40.1. The number of nitrogen functional groups attached to an aromatic ring is 1. The molecule has 0 bridgehead atoms. The molecular weight excluding hydrogens is 307 g/mol. The summed E-state index contributed by atoms with van der Waals surface area (Å²) in [5, 5.41) is 8.89. The van der Waals surface area contributed by atoms with Gasteiger partial charge in [-0.2, -0.15) is 4.31 Å². The van der Waals surface area contributed by atoms with Crippen molar-refractivity contribution in [2.24, 2.45) is 0 Å². The van der Waals surface area contributed by atoms with Gasteiger partial charge in [0.1, 0.15) is 4.90 Å². The summed E-state index contributed by atoms with van der Waals surface area (Å²) in [7, 11) is -4.07. The molecule has 0 saturated carbocycles. The highest BCUT2D eigenvalue weighted by molar-refractivity contribution is 7.89. The summed E-state index contributed by atoms with van der Waals surface area (Å²) in [6, 6.07) is 1.81. The van der Waals surface area contributed by atoms with Crippen LogP contribution in [0.1, 0.15) is 20.3 Å². The molecule has 5 nitrogen and oxygen atoms in total. The van der Waals surface area contributed by atoms with Crippen molar-refractivity contribution in [3.63, 3.8) is 0 Å². The molecule has 0 heterocycles. The fourth-order valence-electron chi connectivity index (χ4n) is 1.78. The summed E-state index contributed by atoms with van der Waals surface area (Å²) >= 11 is 5.75. The Bertz CT molecular complexity index is 578. The maximum Gasteiger partial charge on any atom is 0.246 e. The van der Waals surface area contributed by atoms with Gasteiger partial charge in [-0.1, -0.05) is 11.6 Å². The van der Waals surface area contributed by atoms with Gasteiger partial charge in [0.2, 0.25) is 10.0 Å². The van der Waals surface area contributed by atoms with Crippen LogP contribution >= 0.6 is 11.6 Å². The number of nitrogens with two attached hydrogens (primary N) is 1. The smallest absolute Gasteiger partial charge is 0.246 e. The zero-order chi connectivity index (χ0) is 15.5. The average molecular weight is 325 g/mol. The Balaban J connectivity index is 3.33. The Morgan fingerprint density at radius 1 is 1.45 bits per heavy atom. The number of hydrogen-bond donors (Lipinski definition) is 2. The largest absolute Gasteiger partial charge is 0.396 e. The van der Waals surface area contributed by atoms with E-state index in [0.29, 0.717) is 0 Å². The van der Waals surface area contributed by atoms with Crippen LogP contribution in [0.3, 0.4) is 0 Å². The van der Waals surface area contributed by atoms with E-state index in [2.05, 4.69) is 0 Å². The highest BCUT2D eigenvalue weighted by atomic mass is 35.5. The van der Waals surface area contributed by atoms with Crippen LogP contribution in [0, 0.1) is 5.82 Å². The van der Waals surface area contributed by atoms with Crippen molar-refractivity contribution in [1.29, 1.82) is 0 Å². The summed E-state index contributed by atoms with van der Waals surface area (Å²) in [4.78, 5) is -0.547. The molecule has 0 spiro atoms. The number of halogens is 2. The fraction of sp³-hybridized carbons (Fsp3) is 0.500. The second-order valence-electron chi connectivity index (χ2n) is 4.59. The molecule has 1 rings (SSSR count). The van der Waals surface area contributed by atoms with Crippen LogP contribution in [0.5, 0.6) is 0 Å². The van der Waals surface area contributed by atoms with Gasteiger partial charge < -0.3 is 10.8 Å². The van der Waals surface area contributed by atoms with E-state index in [1.54, 1.807) is 13.8 Å². The number of nitrogens with zero attached hydrogens (tertiary/aromatic N) is 1. The van der Waals surface area contributed by atoms with Gasteiger partial charge in [-0.05, 0) is 32.4 Å². The lowest BCUT2D eigenvalue weighted by atomic mass is 10.3. The highest BCUT2D eigenvalue weighted by Crippen LogP contribution is 2.28. The van der Waals surface area contributed by atoms with Gasteiger partial charge in [0.05, 0.1) is 5.69 Å². The first-order valence-electron chi connectivity index (χ1n) is 6.09. The minimum absolute atomic E-state index is 0.0494. The first-order chi connectivity index (χ1) is 9.21. The molecule has 1 aromatic carbocycles. The lowest BCUT2D eigenvalue weighted by Gasteiger charge is -2.26. The molecule has 0 radical (unpaired) electrons. The number of hydrogen-bond acceptors (Lipinski definition) is 4. The number of benzene rings is 1. The van der Waals surface area contributed by atoms with Crippen molar-refractivity contribution in [1.82, 2.24) is 4.31 Å². The topological polar surface area (TPSA) is 83.6 Å². The van der Waals surface area contributed by atoms with E-state index < -0.39 is 20.7 Å². The molecule has 3 N–H and O–H groups in total. The third-order valence-electron chi connectivity index (χ3n) is 2.73. The Kier molecular flexibility index (Phi) is 5.76. The van der Waals surface area contributed by atoms with Crippen molar-refractivity contribution < 1.29 is 17.9 Å². The Labute approximate surface area is 123 Å². The molecule has 0 atom stereocenters. The van der Waals surface area contributed by atoms with Crippen LogP contribution in [0.25, 0.3) is 0 Å². The average Bonchev–Trinajstić information content (AvgIpc) is 2.33. The second kappa shape index (κ2) is 6.71. The zero-order valence-corrected chi connectivity index (χ0v) is 12.9. The first-order valence-corrected chi connectivity index (χ1v) is 7.90. The van der Waals surface area contributed by atoms with E-state index in [1.165, 1.54) is 0 Å². The first kappa shape index (κ1) is 17.2. The van der Waals surface area contributed by atoms with Gasteiger partial charge in [0.25, 0.3) is 0 Å². The maximum absolute atomic E-state index is 14.0. The van der Waals surface area contributed by atoms with Gasteiger partial charge in [-0.25, -0.2) is 12.8 Å². The summed E-state index contributed by atoms with van der Waals surface area (Å²) in [6.45, 7) is 3.27. The third kappa shape index (κ3) is 3.60. The SMILES string of the molecule is CC(C)N(CCCO)S(=O)(=O)c1cc(Cl)cc(N)c1F. The molecule has 0 aromatic heterocycles. The van der Waals surface area contributed by atoms with Crippen LogP contribution in [-0.2, 0) is 10.0 Å². The molecule has 1 aromatic rings. The maximum atomic E-state index is 14.0. The van der Waals surface area contributed by atoms with Gasteiger partial charge in [-0.3, -0.25) is 0 Å². The van der Waals surface area contributed by atoms with Crippen LogP contribution in [0.4, 0.5) is 10.1 Å². The number of aliphatic hydroxyl groups is 1. The van der Waals surface area contributed by atoms with Gasteiger partial charge in [-0.15, -0.1) is 0 Å². The Hall–Kier alpha value is -0.890. The van der Waals surface area contributed by atoms with E-state index in [0.717, 1.165) is 16.4 Å². The van der Waals surface area contributed by atoms with Crippen molar-refractivity contribution >= 4 is 27.3 Å². The molecule has 0 aliphatic heterocycles. The van der Waals surface area contributed by atoms with Crippen molar-refractivity contribution in [3.8, 4) is 0 Å². The van der Waals surface area contributed by atoms with Crippen molar-refractivity contribution in [2.45, 2.75) is 31.2 Å². The highest BCUT2D eigenvalue weighted by Gasteiger charge is 2.30. The Morgan fingerprint density at radius 2 is 2.05 bits per heavy atom. The standard InChI is InChI=1S/C12H18ClFN2O3S/c1-8(2)16(4-3-5-17)20(18,19)11-7-9(13)6-10(15)12(11)14/h6-8,17H,3-5,15H2,1-2H3. The van der Waals surface area contributed by atoms with Gasteiger partial charge in [0.15, 0.2) is 5.82 Å². The molecular formula is C12H18ClFN2O3S. The van der Waals surface area contributed by atoms with Crippen LogP contribution in [0.15, 0.2) is 17.0 Å². The molecule has 8 heteroatoms. The van der Waals surface area contributed by atoms with Crippen molar-refractivity contribution in [2.75, 3.05) is 18.9 Å². The molecule has 114 valence electrons. The summed E-state index contributed by atoms with van der Waals surface area (Å²) in [5.41, 5.74) is 5.09. The minimum atomic E-state index is -4.07. The van der Waals surface area contributed by atoms with Gasteiger partial charge in [0, 0.05) is 24.2 Å². The predicted octanol–water partition coefficient (Wildman–Crippen LogP) is 1.84. The molecule has 20 heavy (non-hydrogen) atoms. The van der Waals surface area contributed by atoms with Crippen LogP contribution in [0.2, 0.25) is 5.02 Å². The predicted molar refractivity (Wildman–Crippen MR) is 76.6 cm³/mol.